The Morgan fingerprint density at radius 2 is 1.81 bits per heavy atom. The molecule has 0 saturated carbocycles. The Bertz CT molecular complexity index is 528. The molecule has 0 bridgehead atoms. The van der Waals surface area contributed by atoms with E-state index in [9.17, 15) is 8.78 Å². The van der Waals surface area contributed by atoms with Crippen LogP contribution in [-0.2, 0) is 0 Å². The Balaban J connectivity index is 2.57. The van der Waals surface area contributed by atoms with Crippen molar-refractivity contribution in [2.75, 3.05) is 5.73 Å². The van der Waals surface area contributed by atoms with Crippen LogP contribution in [0.1, 0.15) is 0 Å². The molecule has 2 aromatic rings. The average Bonchev–Trinajstić information content (AvgIpc) is 2.28. The SMILES string of the molecule is Nc1cnc(-c2ccc(Br)c(F)c2F)cn1. The van der Waals surface area contributed by atoms with Crippen molar-refractivity contribution in [3.05, 3.63) is 40.6 Å². The number of aromatic nitrogens is 2. The first-order valence-corrected chi connectivity index (χ1v) is 5.10. The molecule has 0 saturated heterocycles. The fourth-order valence-electron chi connectivity index (χ4n) is 1.20. The van der Waals surface area contributed by atoms with Crippen molar-refractivity contribution in [3.63, 3.8) is 0 Å². The lowest BCUT2D eigenvalue weighted by molar-refractivity contribution is 0.506. The first kappa shape index (κ1) is 10.9. The molecule has 2 rings (SSSR count). The molecule has 16 heavy (non-hydrogen) atoms. The quantitative estimate of drug-likeness (QED) is 0.820. The van der Waals surface area contributed by atoms with Crippen LogP contribution >= 0.6 is 15.9 Å². The highest BCUT2D eigenvalue weighted by Gasteiger charge is 2.14. The fourth-order valence-corrected chi connectivity index (χ4v) is 1.51. The zero-order valence-electron chi connectivity index (χ0n) is 7.92. The highest BCUT2D eigenvalue weighted by atomic mass is 79.9. The summed E-state index contributed by atoms with van der Waals surface area (Å²) in [6, 6.07) is 2.83. The summed E-state index contributed by atoms with van der Waals surface area (Å²) in [4.78, 5) is 7.63. The van der Waals surface area contributed by atoms with Crippen molar-refractivity contribution in [1.82, 2.24) is 9.97 Å². The lowest BCUT2D eigenvalue weighted by atomic mass is 10.1. The van der Waals surface area contributed by atoms with Crippen molar-refractivity contribution in [1.29, 1.82) is 0 Å². The summed E-state index contributed by atoms with van der Waals surface area (Å²) >= 11 is 2.89. The van der Waals surface area contributed by atoms with Crippen LogP contribution in [0.25, 0.3) is 11.3 Å². The van der Waals surface area contributed by atoms with E-state index in [1.54, 1.807) is 0 Å². The lowest BCUT2D eigenvalue weighted by Gasteiger charge is -2.04. The first-order chi connectivity index (χ1) is 7.59. The molecule has 1 heterocycles. The van der Waals surface area contributed by atoms with E-state index in [0.29, 0.717) is 0 Å². The van der Waals surface area contributed by atoms with Crippen LogP contribution in [0.3, 0.4) is 0 Å². The maximum absolute atomic E-state index is 13.5. The van der Waals surface area contributed by atoms with Gasteiger partial charge < -0.3 is 5.73 Å². The smallest absolute Gasteiger partial charge is 0.173 e. The van der Waals surface area contributed by atoms with Gasteiger partial charge in [0.1, 0.15) is 5.82 Å². The molecule has 0 aliphatic heterocycles. The molecule has 0 aliphatic carbocycles. The van der Waals surface area contributed by atoms with Crippen LogP contribution in [0.2, 0.25) is 0 Å². The predicted molar refractivity (Wildman–Crippen MR) is 59.5 cm³/mol. The van der Waals surface area contributed by atoms with Crippen LogP contribution in [0.15, 0.2) is 29.0 Å². The van der Waals surface area contributed by atoms with Crippen molar-refractivity contribution in [2.45, 2.75) is 0 Å². The molecule has 0 unspecified atom stereocenters. The Morgan fingerprint density at radius 1 is 1.06 bits per heavy atom. The van der Waals surface area contributed by atoms with Gasteiger partial charge in [-0.1, -0.05) is 0 Å². The number of hydrogen-bond donors (Lipinski definition) is 1. The average molecular weight is 286 g/mol. The van der Waals surface area contributed by atoms with Crippen LogP contribution < -0.4 is 5.73 Å². The van der Waals surface area contributed by atoms with E-state index in [0.717, 1.165) is 0 Å². The molecule has 3 nitrogen and oxygen atoms in total. The van der Waals surface area contributed by atoms with Gasteiger partial charge in [0.2, 0.25) is 0 Å². The van der Waals surface area contributed by atoms with Crippen LogP contribution in [0.5, 0.6) is 0 Å². The topological polar surface area (TPSA) is 51.8 Å². The van der Waals surface area contributed by atoms with E-state index in [2.05, 4.69) is 25.9 Å². The monoisotopic (exact) mass is 285 g/mol. The maximum atomic E-state index is 13.5. The first-order valence-electron chi connectivity index (χ1n) is 4.31. The Morgan fingerprint density at radius 3 is 2.44 bits per heavy atom. The zero-order chi connectivity index (χ0) is 11.7. The number of halogens is 3. The standard InChI is InChI=1S/C10H6BrF2N3/c11-6-2-1-5(9(12)10(6)13)7-3-16-8(14)4-15-7/h1-4H,(H2,14,16). The largest absolute Gasteiger partial charge is 0.382 e. The summed E-state index contributed by atoms with van der Waals surface area (Å²) in [7, 11) is 0. The lowest BCUT2D eigenvalue weighted by Crippen LogP contribution is -1.96. The minimum atomic E-state index is -0.964. The molecule has 82 valence electrons. The third-order valence-electron chi connectivity index (χ3n) is 1.98. The van der Waals surface area contributed by atoms with E-state index >= 15 is 0 Å². The Kier molecular flexibility index (Phi) is 2.82. The van der Waals surface area contributed by atoms with Gasteiger partial charge >= 0.3 is 0 Å². The molecule has 0 radical (unpaired) electrons. The van der Waals surface area contributed by atoms with Gasteiger partial charge in [-0.15, -0.1) is 0 Å². The van der Waals surface area contributed by atoms with Crippen molar-refractivity contribution < 1.29 is 8.78 Å². The molecule has 0 fully saturated rings. The van der Waals surface area contributed by atoms with Gasteiger partial charge in [-0.3, -0.25) is 4.98 Å². The highest BCUT2D eigenvalue weighted by Crippen LogP contribution is 2.27. The molecular weight excluding hydrogens is 280 g/mol. The van der Waals surface area contributed by atoms with Gasteiger partial charge in [0.15, 0.2) is 11.6 Å². The van der Waals surface area contributed by atoms with Crippen molar-refractivity contribution in [2.24, 2.45) is 0 Å². The number of anilines is 1. The van der Waals surface area contributed by atoms with Gasteiger partial charge in [-0.05, 0) is 28.1 Å². The summed E-state index contributed by atoms with van der Waals surface area (Å²) in [5.74, 6) is -1.69. The molecule has 0 aliphatic rings. The molecule has 1 aromatic heterocycles. The number of nitrogens with zero attached hydrogens (tertiary/aromatic N) is 2. The van der Waals surface area contributed by atoms with E-state index in [1.807, 2.05) is 0 Å². The molecule has 1 aromatic carbocycles. The minimum Gasteiger partial charge on any atom is -0.382 e. The van der Waals surface area contributed by atoms with Crippen LogP contribution in [-0.4, -0.2) is 9.97 Å². The number of nitrogens with two attached hydrogens (primary N) is 1. The van der Waals surface area contributed by atoms with Gasteiger partial charge in [-0.2, -0.15) is 0 Å². The summed E-state index contributed by atoms with van der Waals surface area (Å²) in [5.41, 5.74) is 5.63. The Hall–Kier alpha value is -1.56. The zero-order valence-corrected chi connectivity index (χ0v) is 9.50. The molecule has 0 spiro atoms. The number of benzene rings is 1. The summed E-state index contributed by atoms with van der Waals surface area (Å²) in [6.07, 6.45) is 2.58. The van der Waals surface area contributed by atoms with Gasteiger partial charge in [-0.25, -0.2) is 13.8 Å². The minimum absolute atomic E-state index is 0.0493. The van der Waals surface area contributed by atoms with Crippen LogP contribution in [0.4, 0.5) is 14.6 Å². The van der Waals surface area contributed by atoms with Gasteiger partial charge in [0.25, 0.3) is 0 Å². The molecule has 0 atom stereocenters. The number of nitrogen functional groups attached to an aromatic ring is 1. The van der Waals surface area contributed by atoms with Crippen molar-refractivity contribution >= 4 is 21.7 Å². The van der Waals surface area contributed by atoms with E-state index in [4.69, 9.17) is 5.73 Å². The second-order valence-corrected chi connectivity index (χ2v) is 3.90. The Labute approximate surface area is 98.5 Å². The van der Waals surface area contributed by atoms with Crippen LogP contribution in [0, 0.1) is 11.6 Å². The second kappa shape index (κ2) is 4.13. The molecule has 2 N–H and O–H groups in total. The summed E-state index contributed by atoms with van der Waals surface area (Å²) in [5, 5.41) is 0. The van der Waals surface area contributed by atoms with E-state index < -0.39 is 11.6 Å². The third-order valence-corrected chi connectivity index (χ3v) is 2.60. The third kappa shape index (κ3) is 1.88. The van der Waals surface area contributed by atoms with Crippen molar-refractivity contribution in [3.8, 4) is 11.3 Å². The normalized spacial score (nSPS) is 10.4. The van der Waals surface area contributed by atoms with E-state index in [1.165, 1.54) is 24.5 Å². The predicted octanol–water partition coefficient (Wildman–Crippen LogP) is 2.77. The number of hydrogen-bond acceptors (Lipinski definition) is 3. The molecular formula is C10H6BrF2N3. The fraction of sp³-hybridized carbons (Fsp3) is 0. The van der Waals surface area contributed by atoms with Gasteiger partial charge in [0.05, 0.1) is 22.6 Å². The molecule has 0 amide bonds. The maximum Gasteiger partial charge on any atom is 0.173 e. The second-order valence-electron chi connectivity index (χ2n) is 3.05. The summed E-state index contributed by atoms with van der Waals surface area (Å²) in [6.45, 7) is 0. The molecule has 6 heteroatoms. The van der Waals surface area contributed by atoms with E-state index in [-0.39, 0.29) is 21.5 Å². The number of rotatable bonds is 1. The summed E-state index contributed by atoms with van der Waals surface area (Å²) < 4.78 is 26.9. The van der Waals surface area contributed by atoms with Gasteiger partial charge in [0, 0.05) is 5.56 Å². The highest BCUT2D eigenvalue weighted by molar-refractivity contribution is 9.10.